The summed E-state index contributed by atoms with van der Waals surface area (Å²) in [4.78, 5) is 0. The molecule has 0 aliphatic carbocycles. The predicted octanol–water partition coefficient (Wildman–Crippen LogP) is 3.68. The van der Waals surface area contributed by atoms with Gasteiger partial charge in [-0.25, -0.2) is 4.68 Å². The van der Waals surface area contributed by atoms with E-state index < -0.39 is 0 Å². The molecule has 1 aromatic heterocycles. The molecule has 0 amide bonds. The maximum atomic E-state index is 9.74. The molecule has 0 unspecified atom stereocenters. The van der Waals surface area contributed by atoms with Crippen LogP contribution in [0.4, 0.5) is 0 Å². The number of aromatic nitrogens is 2. The lowest BCUT2D eigenvalue weighted by atomic mass is 10.3. The van der Waals surface area contributed by atoms with Gasteiger partial charge in [0.25, 0.3) is 0 Å². The lowest BCUT2D eigenvalue weighted by molar-refractivity contribution is 0.397. The average Bonchev–Trinajstić information content (AvgIpc) is 2.43. The molecule has 0 radical (unpaired) electrons. The lowest BCUT2D eigenvalue weighted by Gasteiger charge is -2.16. The maximum Gasteiger partial charge on any atom is 0.228 e. The number of halogens is 1. The molecule has 0 bridgehead atoms. The highest BCUT2D eigenvalue weighted by atomic mass is 35.5. The lowest BCUT2D eigenvalue weighted by Crippen LogP contribution is -2.08. The van der Waals surface area contributed by atoms with Gasteiger partial charge in [0.15, 0.2) is 0 Å². The molecule has 0 saturated carbocycles. The average molecular weight is 263 g/mol. The smallest absolute Gasteiger partial charge is 0.228 e. The van der Waals surface area contributed by atoms with Crippen LogP contribution in [0.1, 0.15) is 39.8 Å². The molecule has 92 valence electrons. The zero-order valence-corrected chi connectivity index (χ0v) is 11.8. The quantitative estimate of drug-likeness (QED) is 0.900. The molecule has 1 heterocycles. The standard InChI is InChI=1S/C11H19ClN2OS/c1-5-6-14-10(15)9(12)8(13-14)7-16-11(2,3)4/h15H,5-7H2,1-4H3. The Morgan fingerprint density at radius 3 is 2.56 bits per heavy atom. The van der Waals surface area contributed by atoms with Crippen LogP contribution >= 0.6 is 23.4 Å². The van der Waals surface area contributed by atoms with Gasteiger partial charge in [0.1, 0.15) is 5.02 Å². The Balaban J connectivity index is 2.77. The minimum atomic E-state index is 0.0908. The third-order valence-electron chi connectivity index (χ3n) is 2.01. The van der Waals surface area contributed by atoms with E-state index in [2.05, 4.69) is 25.9 Å². The molecular formula is C11H19ClN2OS. The van der Waals surface area contributed by atoms with Crippen molar-refractivity contribution in [1.82, 2.24) is 9.78 Å². The van der Waals surface area contributed by atoms with Crippen molar-refractivity contribution in [2.75, 3.05) is 0 Å². The van der Waals surface area contributed by atoms with Gasteiger partial charge in [0, 0.05) is 17.0 Å². The summed E-state index contributed by atoms with van der Waals surface area (Å²) in [7, 11) is 0. The van der Waals surface area contributed by atoms with Crippen molar-refractivity contribution >= 4 is 23.4 Å². The van der Waals surface area contributed by atoms with Gasteiger partial charge in [-0.05, 0) is 6.42 Å². The van der Waals surface area contributed by atoms with E-state index in [0.717, 1.165) is 17.9 Å². The molecule has 16 heavy (non-hydrogen) atoms. The van der Waals surface area contributed by atoms with E-state index in [1.54, 1.807) is 16.4 Å². The number of hydrogen-bond donors (Lipinski definition) is 1. The van der Waals surface area contributed by atoms with Crippen LogP contribution in [0.5, 0.6) is 5.88 Å². The largest absolute Gasteiger partial charge is 0.492 e. The van der Waals surface area contributed by atoms with E-state index >= 15 is 0 Å². The topological polar surface area (TPSA) is 38.0 Å². The van der Waals surface area contributed by atoms with Gasteiger partial charge in [-0.1, -0.05) is 39.3 Å². The molecule has 0 aliphatic heterocycles. The summed E-state index contributed by atoms with van der Waals surface area (Å²) in [6, 6.07) is 0. The zero-order chi connectivity index (χ0) is 12.3. The summed E-state index contributed by atoms with van der Waals surface area (Å²) < 4.78 is 1.74. The molecule has 0 saturated heterocycles. The van der Waals surface area contributed by atoms with Crippen LogP contribution in [0.25, 0.3) is 0 Å². The minimum absolute atomic E-state index is 0.0908. The molecule has 3 nitrogen and oxygen atoms in total. The molecule has 1 rings (SSSR count). The third-order valence-corrected chi connectivity index (χ3v) is 3.68. The van der Waals surface area contributed by atoms with Crippen LogP contribution in [0.2, 0.25) is 5.02 Å². The fourth-order valence-electron chi connectivity index (χ4n) is 1.22. The summed E-state index contributed by atoms with van der Waals surface area (Å²) >= 11 is 7.80. The van der Waals surface area contributed by atoms with Crippen molar-refractivity contribution in [2.45, 2.75) is 51.2 Å². The van der Waals surface area contributed by atoms with E-state index in [4.69, 9.17) is 11.6 Å². The molecule has 0 atom stereocenters. The van der Waals surface area contributed by atoms with E-state index in [9.17, 15) is 5.11 Å². The first kappa shape index (κ1) is 13.7. The predicted molar refractivity (Wildman–Crippen MR) is 70.2 cm³/mol. The van der Waals surface area contributed by atoms with Crippen LogP contribution in [0.15, 0.2) is 0 Å². The molecule has 5 heteroatoms. The van der Waals surface area contributed by atoms with Crippen LogP contribution in [0.3, 0.4) is 0 Å². The number of nitrogens with zero attached hydrogens (tertiary/aromatic N) is 2. The summed E-state index contributed by atoms with van der Waals surface area (Å²) in [5.41, 5.74) is 0.771. The normalized spacial score (nSPS) is 12.1. The van der Waals surface area contributed by atoms with Crippen molar-refractivity contribution in [3.05, 3.63) is 10.7 Å². The van der Waals surface area contributed by atoms with Crippen molar-refractivity contribution in [3.8, 4) is 5.88 Å². The SMILES string of the molecule is CCCn1nc(CSC(C)(C)C)c(Cl)c1O. The highest BCUT2D eigenvalue weighted by Crippen LogP contribution is 2.33. The second kappa shape index (κ2) is 5.32. The van der Waals surface area contributed by atoms with E-state index in [-0.39, 0.29) is 10.6 Å². The Hall–Kier alpha value is -0.350. The molecule has 0 fully saturated rings. The van der Waals surface area contributed by atoms with Crippen molar-refractivity contribution < 1.29 is 5.11 Å². The Morgan fingerprint density at radius 1 is 1.44 bits per heavy atom. The first-order chi connectivity index (χ1) is 7.35. The van der Waals surface area contributed by atoms with Crippen molar-refractivity contribution in [3.63, 3.8) is 0 Å². The van der Waals surface area contributed by atoms with Crippen molar-refractivity contribution in [1.29, 1.82) is 0 Å². The Kier molecular flexibility index (Phi) is 4.56. The monoisotopic (exact) mass is 262 g/mol. The summed E-state index contributed by atoms with van der Waals surface area (Å²) in [6.45, 7) is 9.18. The summed E-state index contributed by atoms with van der Waals surface area (Å²) in [5, 5.41) is 14.4. The molecule has 0 aromatic carbocycles. The number of aryl methyl sites for hydroxylation is 1. The first-order valence-corrected chi connectivity index (χ1v) is 6.79. The highest BCUT2D eigenvalue weighted by molar-refractivity contribution is 7.99. The maximum absolute atomic E-state index is 9.74. The van der Waals surface area contributed by atoms with Gasteiger partial charge in [-0.15, -0.1) is 11.8 Å². The van der Waals surface area contributed by atoms with Gasteiger partial charge in [0.2, 0.25) is 5.88 Å². The van der Waals surface area contributed by atoms with Crippen LogP contribution in [-0.2, 0) is 12.3 Å². The second-order valence-corrected chi connectivity index (χ2v) is 6.89. The molecule has 1 N–H and O–H groups in total. The van der Waals surface area contributed by atoms with Gasteiger partial charge in [-0.2, -0.15) is 5.10 Å². The van der Waals surface area contributed by atoms with Crippen molar-refractivity contribution in [2.24, 2.45) is 0 Å². The Bertz CT molecular complexity index is 358. The fraction of sp³-hybridized carbons (Fsp3) is 0.727. The first-order valence-electron chi connectivity index (χ1n) is 5.43. The number of hydrogen-bond acceptors (Lipinski definition) is 3. The molecular weight excluding hydrogens is 244 g/mol. The highest BCUT2D eigenvalue weighted by Gasteiger charge is 2.18. The van der Waals surface area contributed by atoms with Crippen LogP contribution in [0, 0.1) is 0 Å². The van der Waals surface area contributed by atoms with Gasteiger partial charge in [0.05, 0.1) is 5.69 Å². The molecule has 0 aliphatic rings. The van der Waals surface area contributed by atoms with Gasteiger partial charge < -0.3 is 5.11 Å². The Morgan fingerprint density at radius 2 is 2.06 bits per heavy atom. The van der Waals surface area contributed by atoms with E-state index in [1.807, 2.05) is 6.92 Å². The van der Waals surface area contributed by atoms with E-state index in [1.165, 1.54) is 0 Å². The molecule has 0 spiro atoms. The number of rotatable bonds is 4. The Labute approximate surface area is 106 Å². The second-order valence-electron chi connectivity index (χ2n) is 4.71. The zero-order valence-electron chi connectivity index (χ0n) is 10.2. The van der Waals surface area contributed by atoms with E-state index in [0.29, 0.717) is 11.6 Å². The number of aromatic hydroxyl groups is 1. The number of thioether (sulfide) groups is 1. The minimum Gasteiger partial charge on any atom is -0.492 e. The van der Waals surface area contributed by atoms with Gasteiger partial charge in [-0.3, -0.25) is 0 Å². The fourth-order valence-corrected chi connectivity index (χ4v) is 2.28. The summed E-state index contributed by atoms with van der Waals surface area (Å²) in [5.74, 6) is 0.820. The van der Waals surface area contributed by atoms with Gasteiger partial charge >= 0.3 is 0 Å². The molecule has 1 aromatic rings. The summed E-state index contributed by atoms with van der Waals surface area (Å²) in [6.07, 6.45) is 0.928. The van der Waals surface area contributed by atoms with Crippen LogP contribution < -0.4 is 0 Å². The third kappa shape index (κ3) is 3.59. The van der Waals surface area contributed by atoms with Crippen LogP contribution in [-0.4, -0.2) is 19.6 Å².